The van der Waals surface area contributed by atoms with Gasteiger partial charge in [-0.2, -0.15) is 0 Å². The van der Waals surface area contributed by atoms with Crippen molar-refractivity contribution in [2.45, 2.75) is 0 Å². The standard InChI is InChI=1S/C10H10N2OS/c1-3-6-4-5-7(13-2)8-9(6)14-10(11)12-8/h3-5H,1H2,2H3,(H2,11,12). The Kier molecular flexibility index (Phi) is 2.13. The molecule has 0 aliphatic carbocycles. The summed E-state index contributed by atoms with van der Waals surface area (Å²) in [6.07, 6.45) is 1.79. The first-order chi connectivity index (χ1) is 6.76. The molecule has 0 fully saturated rings. The van der Waals surface area contributed by atoms with Gasteiger partial charge in [0.1, 0.15) is 11.3 Å². The van der Waals surface area contributed by atoms with E-state index in [0.29, 0.717) is 5.13 Å². The van der Waals surface area contributed by atoms with Gasteiger partial charge in [-0.25, -0.2) is 4.98 Å². The van der Waals surface area contributed by atoms with Crippen molar-refractivity contribution < 1.29 is 4.74 Å². The maximum Gasteiger partial charge on any atom is 0.181 e. The number of methoxy groups -OCH3 is 1. The molecule has 0 amide bonds. The van der Waals surface area contributed by atoms with E-state index in [-0.39, 0.29) is 0 Å². The van der Waals surface area contributed by atoms with Crippen LogP contribution in [0.4, 0.5) is 5.13 Å². The minimum atomic E-state index is 0.549. The summed E-state index contributed by atoms with van der Waals surface area (Å²) in [5, 5.41) is 0.549. The number of thiazole rings is 1. The number of ether oxygens (including phenoxy) is 1. The molecule has 0 saturated carbocycles. The highest BCUT2D eigenvalue weighted by atomic mass is 32.1. The summed E-state index contributed by atoms with van der Waals surface area (Å²) in [5.41, 5.74) is 7.50. The number of rotatable bonds is 2. The highest BCUT2D eigenvalue weighted by Crippen LogP contribution is 2.34. The van der Waals surface area contributed by atoms with Gasteiger partial charge in [-0.3, -0.25) is 0 Å². The van der Waals surface area contributed by atoms with Gasteiger partial charge in [0.15, 0.2) is 5.13 Å². The maximum atomic E-state index is 5.66. The van der Waals surface area contributed by atoms with Crippen molar-refractivity contribution in [1.82, 2.24) is 4.98 Å². The van der Waals surface area contributed by atoms with Gasteiger partial charge in [0.05, 0.1) is 11.8 Å². The van der Waals surface area contributed by atoms with Crippen LogP contribution in [0.3, 0.4) is 0 Å². The van der Waals surface area contributed by atoms with Crippen molar-refractivity contribution in [2.24, 2.45) is 0 Å². The van der Waals surface area contributed by atoms with Gasteiger partial charge in [-0.05, 0) is 17.7 Å². The Morgan fingerprint density at radius 2 is 2.36 bits per heavy atom. The topological polar surface area (TPSA) is 48.1 Å². The summed E-state index contributed by atoms with van der Waals surface area (Å²) < 4.78 is 6.22. The lowest BCUT2D eigenvalue weighted by molar-refractivity contribution is 0.419. The van der Waals surface area contributed by atoms with E-state index in [1.54, 1.807) is 13.2 Å². The Labute approximate surface area is 85.8 Å². The van der Waals surface area contributed by atoms with Crippen LogP contribution in [0.5, 0.6) is 5.75 Å². The van der Waals surface area contributed by atoms with Gasteiger partial charge >= 0.3 is 0 Å². The number of nitrogen functional groups attached to an aromatic ring is 1. The van der Waals surface area contributed by atoms with Crippen LogP contribution in [0.15, 0.2) is 18.7 Å². The molecule has 3 nitrogen and oxygen atoms in total. The van der Waals surface area contributed by atoms with Gasteiger partial charge < -0.3 is 10.5 Å². The van der Waals surface area contributed by atoms with Crippen LogP contribution < -0.4 is 10.5 Å². The summed E-state index contributed by atoms with van der Waals surface area (Å²) >= 11 is 1.45. The van der Waals surface area contributed by atoms with Gasteiger partial charge in [-0.15, -0.1) is 0 Å². The average Bonchev–Trinajstić information content (AvgIpc) is 2.57. The maximum absolute atomic E-state index is 5.66. The molecule has 0 radical (unpaired) electrons. The van der Waals surface area contributed by atoms with Gasteiger partial charge in [-0.1, -0.05) is 24.0 Å². The predicted molar refractivity (Wildman–Crippen MR) is 60.7 cm³/mol. The van der Waals surface area contributed by atoms with Crippen LogP contribution in [-0.2, 0) is 0 Å². The number of hydrogen-bond donors (Lipinski definition) is 1. The molecule has 0 unspecified atom stereocenters. The Hall–Kier alpha value is -1.55. The molecule has 1 heterocycles. The number of aromatic nitrogens is 1. The van der Waals surface area contributed by atoms with Crippen molar-refractivity contribution in [3.05, 3.63) is 24.3 Å². The molecule has 2 aromatic rings. The third-order valence-corrected chi connectivity index (χ3v) is 2.93. The van der Waals surface area contributed by atoms with Crippen LogP contribution in [0, 0.1) is 0 Å². The van der Waals surface area contributed by atoms with E-state index < -0.39 is 0 Å². The van der Waals surface area contributed by atoms with E-state index in [2.05, 4.69) is 11.6 Å². The number of hydrogen-bond acceptors (Lipinski definition) is 4. The normalized spacial score (nSPS) is 10.4. The Bertz CT molecular complexity index is 490. The molecule has 0 saturated heterocycles. The zero-order valence-electron chi connectivity index (χ0n) is 7.78. The number of nitrogens with two attached hydrogens (primary N) is 1. The molecule has 1 aromatic heterocycles. The quantitative estimate of drug-likeness (QED) is 0.821. The third-order valence-electron chi connectivity index (χ3n) is 1.99. The first-order valence-corrected chi connectivity index (χ1v) is 4.93. The fourth-order valence-electron chi connectivity index (χ4n) is 1.34. The van der Waals surface area contributed by atoms with Crippen LogP contribution in [0.1, 0.15) is 5.56 Å². The van der Waals surface area contributed by atoms with Gasteiger partial charge in [0.25, 0.3) is 0 Å². The second-order valence-corrected chi connectivity index (χ2v) is 3.82. The summed E-state index contributed by atoms with van der Waals surface area (Å²) in [7, 11) is 1.62. The van der Waals surface area contributed by atoms with Crippen LogP contribution >= 0.6 is 11.3 Å². The minimum absolute atomic E-state index is 0.549. The van der Waals surface area contributed by atoms with Crippen LogP contribution in [0.25, 0.3) is 16.3 Å². The lowest BCUT2D eigenvalue weighted by Gasteiger charge is -2.01. The zero-order valence-corrected chi connectivity index (χ0v) is 8.60. The van der Waals surface area contributed by atoms with E-state index in [4.69, 9.17) is 10.5 Å². The van der Waals surface area contributed by atoms with Crippen molar-refractivity contribution in [1.29, 1.82) is 0 Å². The summed E-state index contributed by atoms with van der Waals surface area (Å²) in [4.78, 5) is 4.22. The molecule has 4 heteroatoms. The summed E-state index contributed by atoms with van der Waals surface area (Å²) in [6, 6.07) is 3.82. The Balaban J connectivity index is 2.83. The lowest BCUT2D eigenvalue weighted by atomic mass is 10.2. The van der Waals surface area contributed by atoms with Crippen molar-refractivity contribution in [2.75, 3.05) is 12.8 Å². The second kappa shape index (κ2) is 3.31. The van der Waals surface area contributed by atoms with E-state index in [1.165, 1.54) is 11.3 Å². The molecule has 0 spiro atoms. The van der Waals surface area contributed by atoms with E-state index in [1.807, 2.05) is 12.1 Å². The average molecular weight is 206 g/mol. The summed E-state index contributed by atoms with van der Waals surface area (Å²) in [5.74, 6) is 0.749. The molecule has 1 aromatic carbocycles. The fourth-order valence-corrected chi connectivity index (χ4v) is 2.20. The first kappa shape index (κ1) is 9.02. The number of nitrogens with zero attached hydrogens (tertiary/aromatic N) is 1. The molecule has 0 atom stereocenters. The van der Waals surface area contributed by atoms with Crippen molar-refractivity contribution >= 4 is 32.8 Å². The number of fused-ring (bicyclic) bond motifs is 1. The van der Waals surface area contributed by atoms with Gasteiger partial charge in [0, 0.05) is 0 Å². The SMILES string of the molecule is C=Cc1ccc(OC)c2nc(N)sc12. The number of benzene rings is 1. The van der Waals surface area contributed by atoms with Crippen LogP contribution in [-0.4, -0.2) is 12.1 Å². The van der Waals surface area contributed by atoms with E-state index in [0.717, 1.165) is 21.5 Å². The lowest BCUT2D eigenvalue weighted by Crippen LogP contribution is -1.86. The highest BCUT2D eigenvalue weighted by Gasteiger charge is 2.09. The van der Waals surface area contributed by atoms with Crippen molar-refractivity contribution in [3.8, 4) is 5.75 Å². The minimum Gasteiger partial charge on any atom is -0.494 e. The summed E-state index contributed by atoms with van der Waals surface area (Å²) in [6.45, 7) is 3.74. The molecule has 2 rings (SSSR count). The fraction of sp³-hybridized carbons (Fsp3) is 0.100. The largest absolute Gasteiger partial charge is 0.494 e. The van der Waals surface area contributed by atoms with E-state index in [9.17, 15) is 0 Å². The third kappa shape index (κ3) is 1.24. The second-order valence-electron chi connectivity index (χ2n) is 2.79. The molecule has 0 aliphatic rings. The number of anilines is 1. The van der Waals surface area contributed by atoms with E-state index >= 15 is 0 Å². The van der Waals surface area contributed by atoms with Gasteiger partial charge in [0.2, 0.25) is 0 Å². The Morgan fingerprint density at radius 3 is 3.00 bits per heavy atom. The first-order valence-electron chi connectivity index (χ1n) is 4.11. The molecule has 72 valence electrons. The highest BCUT2D eigenvalue weighted by molar-refractivity contribution is 7.22. The molecule has 2 N–H and O–H groups in total. The molecule has 0 aliphatic heterocycles. The predicted octanol–water partition coefficient (Wildman–Crippen LogP) is 2.53. The Morgan fingerprint density at radius 1 is 1.57 bits per heavy atom. The van der Waals surface area contributed by atoms with Crippen LogP contribution in [0.2, 0.25) is 0 Å². The molecular weight excluding hydrogens is 196 g/mol. The zero-order chi connectivity index (χ0) is 10.1. The smallest absolute Gasteiger partial charge is 0.181 e. The molecular formula is C10H10N2OS. The molecule has 0 bridgehead atoms. The molecule has 14 heavy (non-hydrogen) atoms. The van der Waals surface area contributed by atoms with Crippen molar-refractivity contribution in [3.63, 3.8) is 0 Å². The monoisotopic (exact) mass is 206 g/mol.